The molecular weight excluding hydrogens is 244 g/mol. The van der Waals surface area contributed by atoms with Gasteiger partial charge in [0.25, 0.3) is 0 Å². The molecule has 0 N–H and O–H groups in total. The topological polar surface area (TPSA) is 77.5 Å². The molecule has 1 aromatic carbocycles. The number of hydrogen-bond acceptors (Lipinski definition) is 5. The van der Waals surface area contributed by atoms with Gasteiger partial charge in [-0.3, -0.25) is 4.79 Å². The lowest BCUT2D eigenvalue weighted by atomic mass is 10.1. The Balaban J connectivity index is 2.52. The van der Waals surface area contributed by atoms with Gasteiger partial charge in [-0.2, -0.15) is 8.42 Å². The van der Waals surface area contributed by atoms with Crippen molar-refractivity contribution in [2.75, 3.05) is 6.61 Å². The first kappa shape index (κ1) is 13.1. The number of ether oxygens (including phenoxy) is 1. The Morgan fingerprint density at radius 2 is 1.88 bits per heavy atom. The van der Waals surface area contributed by atoms with Crippen LogP contribution in [0.25, 0.3) is 0 Å². The van der Waals surface area contributed by atoms with Gasteiger partial charge < -0.3 is 4.74 Å². The SMILES string of the molecule is O=Cc1ccc(C(=O)OCCC=S(=O)=O)cc1. The van der Waals surface area contributed by atoms with Gasteiger partial charge in [0.05, 0.1) is 12.2 Å². The molecule has 0 aliphatic rings. The molecule has 0 heterocycles. The van der Waals surface area contributed by atoms with Crippen LogP contribution in [0.5, 0.6) is 0 Å². The summed E-state index contributed by atoms with van der Waals surface area (Å²) < 4.78 is 25.1. The molecule has 0 radical (unpaired) electrons. The van der Waals surface area contributed by atoms with E-state index in [1.165, 1.54) is 24.3 Å². The largest absolute Gasteiger partial charge is 0.462 e. The summed E-state index contributed by atoms with van der Waals surface area (Å²) in [5, 5.41) is 1.02. The highest BCUT2D eigenvalue weighted by Gasteiger charge is 2.05. The van der Waals surface area contributed by atoms with Gasteiger partial charge in [-0.1, -0.05) is 12.1 Å². The minimum absolute atomic E-state index is 0.00223. The van der Waals surface area contributed by atoms with Crippen LogP contribution in [0, 0.1) is 0 Å². The second-order valence-corrected chi connectivity index (χ2v) is 3.95. The third-order valence-corrected chi connectivity index (χ3v) is 2.40. The van der Waals surface area contributed by atoms with Crippen LogP contribution in [-0.2, 0) is 15.0 Å². The first-order valence-corrected chi connectivity index (χ1v) is 5.91. The minimum Gasteiger partial charge on any atom is -0.462 e. The van der Waals surface area contributed by atoms with Crippen molar-refractivity contribution in [2.24, 2.45) is 0 Å². The Morgan fingerprint density at radius 3 is 2.41 bits per heavy atom. The van der Waals surface area contributed by atoms with Gasteiger partial charge in [-0.25, -0.2) is 4.79 Å². The summed E-state index contributed by atoms with van der Waals surface area (Å²) in [5.41, 5.74) is 0.787. The maximum Gasteiger partial charge on any atom is 0.338 e. The van der Waals surface area contributed by atoms with Crippen molar-refractivity contribution >= 4 is 27.9 Å². The highest BCUT2D eigenvalue weighted by molar-refractivity contribution is 7.71. The van der Waals surface area contributed by atoms with Gasteiger partial charge in [0.2, 0.25) is 10.3 Å². The predicted molar refractivity (Wildman–Crippen MR) is 61.7 cm³/mol. The van der Waals surface area contributed by atoms with E-state index in [-0.39, 0.29) is 13.0 Å². The highest BCUT2D eigenvalue weighted by atomic mass is 32.2. The summed E-state index contributed by atoms with van der Waals surface area (Å²) in [6.45, 7) is 0.00223. The molecule has 0 amide bonds. The third kappa shape index (κ3) is 4.60. The fourth-order valence-corrected chi connectivity index (χ4v) is 1.37. The molecule has 0 aromatic heterocycles. The normalized spacial score (nSPS) is 9.41. The second-order valence-electron chi connectivity index (χ2n) is 3.09. The van der Waals surface area contributed by atoms with E-state index in [2.05, 4.69) is 0 Å². The highest BCUT2D eigenvalue weighted by Crippen LogP contribution is 2.04. The molecule has 0 aliphatic heterocycles. The summed E-state index contributed by atoms with van der Waals surface area (Å²) in [7, 11) is -2.23. The van der Waals surface area contributed by atoms with Crippen molar-refractivity contribution < 1.29 is 22.7 Å². The minimum atomic E-state index is -2.23. The zero-order valence-electron chi connectivity index (χ0n) is 8.83. The summed E-state index contributed by atoms with van der Waals surface area (Å²) >= 11 is 0. The van der Waals surface area contributed by atoms with Gasteiger partial charge in [0.15, 0.2) is 0 Å². The molecule has 90 valence electrons. The molecule has 0 unspecified atom stereocenters. The summed E-state index contributed by atoms with van der Waals surface area (Å²) in [6, 6.07) is 5.95. The van der Waals surface area contributed by atoms with E-state index in [9.17, 15) is 18.0 Å². The average Bonchev–Trinajstić information content (AvgIpc) is 2.34. The molecule has 0 fully saturated rings. The van der Waals surface area contributed by atoms with Crippen molar-refractivity contribution in [1.29, 1.82) is 0 Å². The molecule has 0 bridgehead atoms. The monoisotopic (exact) mass is 254 g/mol. The molecule has 0 atom stereocenters. The fraction of sp³-hybridized carbons (Fsp3) is 0.182. The lowest BCUT2D eigenvalue weighted by Crippen LogP contribution is -2.06. The van der Waals surface area contributed by atoms with Crippen LogP contribution in [0.15, 0.2) is 24.3 Å². The lowest BCUT2D eigenvalue weighted by Gasteiger charge is -2.02. The number of hydrogen-bond donors (Lipinski definition) is 0. The molecule has 0 spiro atoms. The van der Waals surface area contributed by atoms with Crippen LogP contribution in [0.1, 0.15) is 27.1 Å². The third-order valence-electron chi connectivity index (χ3n) is 1.89. The van der Waals surface area contributed by atoms with Crippen LogP contribution < -0.4 is 0 Å². The standard InChI is InChI=1S/C11H10O5S/c12-8-9-2-4-10(5-3-9)11(13)16-6-1-7-17(14)15/h2-5,7-8H,1,6H2. The second kappa shape index (κ2) is 6.59. The molecule has 1 rings (SSSR count). The van der Waals surface area contributed by atoms with Gasteiger partial charge in [-0.15, -0.1) is 0 Å². The van der Waals surface area contributed by atoms with Gasteiger partial charge in [0.1, 0.15) is 6.29 Å². The molecule has 0 saturated heterocycles. The van der Waals surface area contributed by atoms with E-state index in [1.54, 1.807) is 0 Å². The Morgan fingerprint density at radius 1 is 1.24 bits per heavy atom. The quantitative estimate of drug-likeness (QED) is 0.335. The Bertz CT molecular complexity index is 519. The van der Waals surface area contributed by atoms with E-state index >= 15 is 0 Å². The zero-order valence-corrected chi connectivity index (χ0v) is 9.64. The van der Waals surface area contributed by atoms with Gasteiger partial charge >= 0.3 is 5.97 Å². The maximum absolute atomic E-state index is 11.4. The molecule has 17 heavy (non-hydrogen) atoms. The van der Waals surface area contributed by atoms with Crippen LogP contribution in [0.3, 0.4) is 0 Å². The molecular formula is C11H10O5S. The van der Waals surface area contributed by atoms with E-state index in [0.29, 0.717) is 17.4 Å². The number of benzene rings is 1. The van der Waals surface area contributed by atoms with Gasteiger partial charge in [0, 0.05) is 17.4 Å². The average molecular weight is 254 g/mol. The van der Waals surface area contributed by atoms with Crippen LogP contribution >= 0.6 is 0 Å². The molecule has 0 aliphatic carbocycles. The van der Waals surface area contributed by atoms with E-state index in [0.717, 1.165) is 5.37 Å². The maximum atomic E-state index is 11.4. The first-order chi connectivity index (χ1) is 8.13. The van der Waals surface area contributed by atoms with E-state index < -0.39 is 16.3 Å². The van der Waals surface area contributed by atoms with Crippen molar-refractivity contribution in [2.45, 2.75) is 6.42 Å². The van der Waals surface area contributed by atoms with Crippen molar-refractivity contribution in [3.63, 3.8) is 0 Å². The van der Waals surface area contributed by atoms with Gasteiger partial charge in [-0.05, 0) is 12.1 Å². The van der Waals surface area contributed by atoms with Crippen LogP contribution in [0.4, 0.5) is 0 Å². The number of esters is 1. The van der Waals surface area contributed by atoms with Crippen LogP contribution in [-0.4, -0.2) is 32.6 Å². The fourth-order valence-electron chi connectivity index (χ4n) is 1.08. The van der Waals surface area contributed by atoms with Crippen LogP contribution in [0.2, 0.25) is 0 Å². The lowest BCUT2D eigenvalue weighted by molar-refractivity contribution is 0.0516. The molecule has 6 heteroatoms. The predicted octanol–water partition coefficient (Wildman–Crippen LogP) is 0.727. The number of carbonyl (C=O) groups is 2. The van der Waals surface area contributed by atoms with E-state index in [1.807, 2.05) is 0 Å². The van der Waals surface area contributed by atoms with Crippen molar-refractivity contribution in [1.82, 2.24) is 0 Å². The number of aldehydes is 1. The first-order valence-electron chi connectivity index (χ1n) is 4.77. The molecule has 1 aromatic rings. The number of carbonyl (C=O) groups excluding carboxylic acids is 2. The summed E-state index contributed by atoms with van der Waals surface area (Å²) in [4.78, 5) is 21.8. The Kier molecular flexibility index (Phi) is 5.09. The molecule has 5 nitrogen and oxygen atoms in total. The summed E-state index contributed by atoms with van der Waals surface area (Å²) in [6.07, 6.45) is 0.821. The van der Waals surface area contributed by atoms with E-state index in [4.69, 9.17) is 4.74 Å². The zero-order chi connectivity index (χ0) is 12.7. The Hall–Kier alpha value is -1.95. The van der Waals surface area contributed by atoms with Crippen molar-refractivity contribution in [3.05, 3.63) is 35.4 Å². The van der Waals surface area contributed by atoms with Crippen molar-refractivity contribution in [3.8, 4) is 0 Å². The number of rotatable bonds is 5. The Labute approximate surface area is 99.6 Å². The smallest absolute Gasteiger partial charge is 0.338 e. The molecule has 0 saturated carbocycles. The summed E-state index contributed by atoms with van der Waals surface area (Å²) in [5.74, 6) is -0.549.